The first-order valence-corrected chi connectivity index (χ1v) is 11.3. The summed E-state index contributed by atoms with van der Waals surface area (Å²) in [6.07, 6.45) is 8.15. The van der Waals surface area contributed by atoms with Crippen molar-refractivity contribution < 1.29 is 0 Å². The maximum Gasteiger partial charge on any atom is 0.225 e. The summed E-state index contributed by atoms with van der Waals surface area (Å²) in [7, 11) is 0. The smallest absolute Gasteiger partial charge is 0.225 e. The van der Waals surface area contributed by atoms with E-state index in [1.807, 2.05) is 0 Å². The maximum atomic E-state index is 5.06. The average molecular weight is 380 g/mol. The normalized spacial score (nSPS) is 28.0. The van der Waals surface area contributed by atoms with Gasteiger partial charge >= 0.3 is 0 Å². The van der Waals surface area contributed by atoms with Crippen molar-refractivity contribution in [3.05, 3.63) is 24.3 Å². The fourth-order valence-electron chi connectivity index (χ4n) is 5.60. The topological polar surface area (TPSA) is 44.3 Å². The van der Waals surface area contributed by atoms with Crippen LogP contribution >= 0.6 is 0 Å². The minimum Gasteiger partial charge on any atom is -0.355 e. The lowest BCUT2D eigenvalue weighted by atomic mass is 9.84. The van der Waals surface area contributed by atoms with Crippen LogP contribution in [0.3, 0.4) is 0 Å². The molecule has 3 aliphatic heterocycles. The van der Waals surface area contributed by atoms with E-state index in [0.29, 0.717) is 6.04 Å². The van der Waals surface area contributed by atoms with Crippen LogP contribution in [0.2, 0.25) is 0 Å². The van der Waals surface area contributed by atoms with Crippen LogP contribution in [0.4, 0.5) is 11.8 Å². The number of rotatable bonds is 5. The van der Waals surface area contributed by atoms with E-state index in [1.54, 1.807) is 0 Å². The number of fused-ring (bicyclic) bond motifs is 5. The molecule has 5 heteroatoms. The Morgan fingerprint density at radius 1 is 1.00 bits per heavy atom. The van der Waals surface area contributed by atoms with Crippen LogP contribution in [0.1, 0.15) is 45.4 Å². The molecule has 0 radical (unpaired) electrons. The molecule has 1 aromatic carbocycles. The Labute approximate surface area is 168 Å². The van der Waals surface area contributed by atoms with Crippen LogP contribution in [0.15, 0.2) is 24.3 Å². The minimum absolute atomic E-state index is 0.609. The van der Waals surface area contributed by atoms with Gasteiger partial charge in [-0.2, -0.15) is 4.98 Å². The number of nitrogens with one attached hydrogen (secondary N) is 1. The average Bonchev–Trinajstić information content (AvgIpc) is 2.98. The molecule has 1 aliphatic carbocycles. The molecule has 0 spiro atoms. The van der Waals surface area contributed by atoms with E-state index in [0.717, 1.165) is 55.3 Å². The number of hydrogen-bond acceptors (Lipinski definition) is 5. The highest BCUT2D eigenvalue weighted by molar-refractivity contribution is 5.90. The fraction of sp³-hybridized carbons (Fsp3) is 0.652. The van der Waals surface area contributed by atoms with Crippen LogP contribution < -0.4 is 10.2 Å². The maximum absolute atomic E-state index is 5.06. The summed E-state index contributed by atoms with van der Waals surface area (Å²) in [5.74, 6) is 3.61. The monoisotopic (exact) mass is 379 g/mol. The van der Waals surface area contributed by atoms with Crippen molar-refractivity contribution in [3.63, 3.8) is 0 Å². The molecule has 150 valence electrons. The van der Waals surface area contributed by atoms with Crippen LogP contribution in [0.25, 0.3) is 10.9 Å². The molecule has 4 heterocycles. The van der Waals surface area contributed by atoms with Gasteiger partial charge in [0.2, 0.25) is 5.95 Å². The minimum atomic E-state index is 0.609. The van der Waals surface area contributed by atoms with Gasteiger partial charge in [-0.15, -0.1) is 0 Å². The SMILES string of the molecule is CCN1CCCC1CNc1nc(N2CC3CCC(CC3)C2)c2ccccc2n1. The number of para-hydroxylation sites is 1. The standard InChI is InChI=1S/C23H33N5/c1-2-27-13-5-6-19(27)14-24-23-25-21-8-4-3-7-20(21)22(26-23)28-15-17-9-10-18(16-28)12-11-17/h3-4,7-8,17-19H,2,5-6,9-16H2,1H3,(H,24,25,26). The van der Waals surface area contributed by atoms with Crippen molar-refractivity contribution >= 4 is 22.7 Å². The summed E-state index contributed by atoms with van der Waals surface area (Å²) in [5.41, 5.74) is 1.06. The zero-order chi connectivity index (χ0) is 18.9. The molecule has 1 aromatic heterocycles. The molecule has 4 fully saturated rings. The molecule has 1 N–H and O–H groups in total. The van der Waals surface area contributed by atoms with Crippen LogP contribution in [0.5, 0.6) is 0 Å². The third kappa shape index (κ3) is 3.57. The molecule has 1 saturated carbocycles. The fourth-order valence-corrected chi connectivity index (χ4v) is 5.60. The Bertz CT molecular complexity index is 800. The third-order valence-electron chi connectivity index (χ3n) is 7.21. The number of hydrogen-bond donors (Lipinski definition) is 1. The zero-order valence-electron chi connectivity index (χ0n) is 17.1. The summed E-state index contributed by atoms with van der Waals surface area (Å²) in [5, 5.41) is 4.79. The van der Waals surface area contributed by atoms with Gasteiger partial charge in [-0.3, -0.25) is 4.90 Å². The van der Waals surface area contributed by atoms with Crippen molar-refractivity contribution in [1.82, 2.24) is 14.9 Å². The largest absolute Gasteiger partial charge is 0.355 e. The Morgan fingerprint density at radius 3 is 2.50 bits per heavy atom. The molecule has 6 rings (SSSR count). The molecule has 28 heavy (non-hydrogen) atoms. The molecular weight excluding hydrogens is 346 g/mol. The van der Waals surface area contributed by atoms with Crippen molar-refractivity contribution in [1.29, 1.82) is 0 Å². The number of nitrogens with zero attached hydrogens (tertiary/aromatic N) is 4. The molecule has 5 nitrogen and oxygen atoms in total. The first-order valence-electron chi connectivity index (χ1n) is 11.3. The van der Waals surface area contributed by atoms with Gasteiger partial charge in [-0.1, -0.05) is 19.1 Å². The summed E-state index contributed by atoms with van der Waals surface area (Å²) >= 11 is 0. The number of aromatic nitrogens is 2. The molecule has 2 bridgehead atoms. The molecular formula is C23H33N5. The van der Waals surface area contributed by atoms with Gasteiger partial charge < -0.3 is 10.2 Å². The Hall–Kier alpha value is -1.88. The summed E-state index contributed by atoms with van der Waals surface area (Å²) in [4.78, 5) is 15.1. The second-order valence-corrected chi connectivity index (χ2v) is 8.99. The predicted molar refractivity (Wildman–Crippen MR) is 116 cm³/mol. The highest BCUT2D eigenvalue weighted by atomic mass is 15.3. The van der Waals surface area contributed by atoms with Crippen molar-refractivity contribution in [2.45, 2.75) is 51.5 Å². The number of likely N-dealkylation sites (tertiary alicyclic amines) is 1. The van der Waals surface area contributed by atoms with E-state index < -0.39 is 0 Å². The Kier molecular flexibility index (Phi) is 5.10. The number of anilines is 2. The van der Waals surface area contributed by atoms with Gasteiger partial charge in [0.05, 0.1) is 5.52 Å². The highest BCUT2D eigenvalue weighted by Crippen LogP contribution is 2.37. The van der Waals surface area contributed by atoms with E-state index >= 15 is 0 Å². The van der Waals surface area contributed by atoms with Gasteiger partial charge in [-0.05, 0) is 75.6 Å². The first-order chi connectivity index (χ1) is 13.8. The van der Waals surface area contributed by atoms with Crippen molar-refractivity contribution in [3.8, 4) is 0 Å². The van der Waals surface area contributed by atoms with E-state index in [9.17, 15) is 0 Å². The molecule has 4 aliphatic rings. The third-order valence-corrected chi connectivity index (χ3v) is 7.21. The molecule has 1 atom stereocenters. The van der Waals surface area contributed by atoms with Gasteiger partial charge in [0.15, 0.2) is 0 Å². The van der Waals surface area contributed by atoms with Crippen LogP contribution in [-0.4, -0.2) is 53.6 Å². The molecule has 2 aromatic rings. The van der Waals surface area contributed by atoms with Gasteiger partial charge in [0.1, 0.15) is 5.82 Å². The van der Waals surface area contributed by atoms with E-state index in [2.05, 4.69) is 46.3 Å². The lowest BCUT2D eigenvalue weighted by Crippen LogP contribution is -2.35. The van der Waals surface area contributed by atoms with Gasteiger partial charge in [-0.25, -0.2) is 4.98 Å². The van der Waals surface area contributed by atoms with E-state index in [-0.39, 0.29) is 0 Å². The van der Waals surface area contributed by atoms with Gasteiger partial charge in [0.25, 0.3) is 0 Å². The summed E-state index contributed by atoms with van der Waals surface area (Å²) < 4.78 is 0. The molecule has 0 amide bonds. The van der Waals surface area contributed by atoms with E-state index in [1.165, 1.54) is 50.5 Å². The second kappa shape index (κ2) is 7.86. The van der Waals surface area contributed by atoms with Gasteiger partial charge in [0, 0.05) is 31.1 Å². The second-order valence-electron chi connectivity index (χ2n) is 8.99. The molecule has 1 unspecified atom stereocenters. The number of benzene rings is 1. The molecule has 3 saturated heterocycles. The lowest BCUT2D eigenvalue weighted by Gasteiger charge is -2.26. The highest BCUT2D eigenvalue weighted by Gasteiger charge is 2.31. The predicted octanol–water partition coefficient (Wildman–Crippen LogP) is 4.15. The van der Waals surface area contributed by atoms with Crippen molar-refractivity contribution in [2.24, 2.45) is 11.8 Å². The van der Waals surface area contributed by atoms with Crippen LogP contribution in [0, 0.1) is 11.8 Å². The first kappa shape index (κ1) is 18.2. The lowest BCUT2D eigenvalue weighted by molar-refractivity contribution is 0.277. The van der Waals surface area contributed by atoms with Crippen LogP contribution in [-0.2, 0) is 0 Å². The summed E-state index contributed by atoms with van der Waals surface area (Å²) in [6.45, 7) is 7.87. The quantitative estimate of drug-likeness (QED) is 0.845. The van der Waals surface area contributed by atoms with Crippen molar-refractivity contribution in [2.75, 3.05) is 42.9 Å². The zero-order valence-corrected chi connectivity index (χ0v) is 17.1. The Morgan fingerprint density at radius 2 is 1.75 bits per heavy atom. The Balaban J connectivity index is 1.43. The summed E-state index contributed by atoms with van der Waals surface area (Å²) in [6, 6.07) is 9.14. The number of likely N-dealkylation sites (N-methyl/N-ethyl adjacent to an activating group) is 1. The van der Waals surface area contributed by atoms with E-state index in [4.69, 9.17) is 9.97 Å².